The van der Waals surface area contributed by atoms with Crippen LogP contribution >= 0.6 is 15.9 Å². The smallest absolute Gasteiger partial charge is 0.320 e. The van der Waals surface area contributed by atoms with Gasteiger partial charge in [0, 0.05) is 6.04 Å². The minimum Gasteiger partial charge on any atom is -0.335 e. The molecule has 0 aliphatic heterocycles. The van der Waals surface area contributed by atoms with Crippen LogP contribution in [0.4, 0.5) is 20.7 Å². The third kappa shape index (κ3) is 5.04. The lowest BCUT2D eigenvalue weighted by Crippen LogP contribution is -2.40. The van der Waals surface area contributed by atoms with Crippen molar-refractivity contribution in [2.24, 2.45) is 10.9 Å². The second-order valence-corrected chi connectivity index (χ2v) is 7.54. The van der Waals surface area contributed by atoms with Crippen LogP contribution in [-0.4, -0.2) is 33.4 Å². The van der Waals surface area contributed by atoms with E-state index in [2.05, 4.69) is 53.4 Å². The first-order valence-corrected chi connectivity index (χ1v) is 9.60. The maximum absolute atomic E-state index is 13.4. The Morgan fingerprint density at radius 1 is 1.32 bits per heavy atom. The number of hydroxylamine groups is 1. The Hall–Kier alpha value is -2.53. The number of amidine groups is 1. The number of carbonyl (C=O) groups is 1. The van der Waals surface area contributed by atoms with Crippen molar-refractivity contribution in [1.29, 1.82) is 0 Å². The Kier molecular flexibility index (Phi) is 6.57. The van der Waals surface area contributed by atoms with Crippen molar-refractivity contribution in [3.8, 4) is 0 Å². The zero-order chi connectivity index (χ0) is 20.1. The molecule has 150 valence electrons. The number of hydrogen-bond acceptors (Lipinski definition) is 6. The summed E-state index contributed by atoms with van der Waals surface area (Å²) >= 11 is 3.07. The van der Waals surface area contributed by atoms with Crippen molar-refractivity contribution < 1.29 is 19.0 Å². The maximum Gasteiger partial charge on any atom is 0.320 e. The Morgan fingerprint density at radius 2 is 2.07 bits per heavy atom. The Balaban J connectivity index is 1.71. The SMILES string of the molecule is CC1CCC(NC(=O)Nc2nonc2C(=Nc2ccc(F)c(Br)c2)NO)CC1. The molecule has 0 spiro atoms. The number of aliphatic imine (C=N–C) groups is 1. The van der Waals surface area contributed by atoms with Gasteiger partial charge in [0.25, 0.3) is 0 Å². The van der Waals surface area contributed by atoms with Crippen molar-refractivity contribution in [1.82, 2.24) is 21.1 Å². The van der Waals surface area contributed by atoms with Gasteiger partial charge in [0.1, 0.15) is 5.82 Å². The van der Waals surface area contributed by atoms with Crippen LogP contribution in [0.3, 0.4) is 0 Å². The van der Waals surface area contributed by atoms with Gasteiger partial charge in [-0.05, 0) is 76.0 Å². The second-order valence-electron chi connectivity index (χ2n) is 6.69. The molecule has 0 unspecified atom stereocenters. The molecular formula is C17H20BrFN6O3. The van der Waals surface area contributed by atoms with Crippen molar-refractivity contribution in [2.45, 2.75) is 38.6 Å². The van der Waals surface area contributed by atoms with Crippen LogP contribution in [0.2, 0.25) is 0 Å². The van der Waals surface area contributed by atoms with Gasteiger partial charge in [-0.3, -0.25) is 16.0 Å². The standard InChI is InChI=1S/C17H20BrFN6O3/c1-9-2-4-10(5-3-9)21-17(26)22-16-14(24-28-25-16)15(23-27)20-11-6-7-13(19)12(18)8-11/h6-10,27H,2-5H2,1H3,(H,20,23)(H2,21,22,25,26). The topological polar surface area (TPSA) is 125 Å². The molecule has 2 amide bonds. The van der Waals surface area contributed by atoms with Gasteiger partial charge >= 0.3 is 6.03 Å². The highest BCUT2D eigenvalue weighted by Crippen LogP contribution is 2.24. The monoisotopic (exact) mass is 454 g/mol. The first-order chi connectivity index (χ1) is 13.5. The summed E-state index contributed by atoms with van der Waals surface area (Å²) in [5.74, 6) is 0.0924. The molecule has 1 aromatic carbocycles. The molecule has 0 atom stereocenters. The van der Waals surface area contributed by atoms with Gasteiger partial charge < -0.3 is 5.32 Å². The highest BCUT2D eigenvalue weighted by molar-refractivity contribution is 9.10. The van der Waals surface area contributed by atoms with Crippen molar-refractivity contribution in [3.63, 3.8) is 0 Å². The number of nitrogens with zero attached hydrogens (tertiary/aromatic N) is 3. The summed E-state index contributed by atoms with van der Waals surface area (Å²) in [6.45, 7) is 2.20. The second kappa shape index (κ2) is 9.11. The summed E-state index contributed by atoms with van der Waals surface area (Å²) < 4.78 is 18.2. The summed E-state index contributed by atoms with van der Waals surface area (Å²) in [4.78, 5) is 16.4. The molecule has 1 saturated carbocycles. The molecule has 1 heterocycles. The number of amides is 2. The number of urea groups is 1. The lowest BCUT2D eigenvalue weighted by atomic mass is 9.87. The lowest BCUT2D eigenvalue weighted by molar-refractivity contribution is 0.233. The number of nitrogens with one attached hydrogen (secondary N) is 3. The maximum atomic E-state index is 13.4. The van der Waals surface area contributed by atoms with E-state index in [0.29, 0.717) is 11.6 Å². The molecule has 1 aromatic heterocycles. The minimum atomic E-state index is -0.448. The van der Waals surface area contributed by atoms with Gasteiger partial charge in [-0.1, -0.05) is 6.92 Å². The van der Waals surface area contributed by atoms with Crippen molar-refractivity contribution >= 4 is 39.3 Å². The van der Waals surface area contributed by atoms with Gasteiger partial charge in [-0.15, -0.1) is 0 Å². The van der Waals surface area contributed by atoms with Gasteiger partial charge in [0.05, 0.1) is 10.2 Å². The van der Waals surface area contributed by atoms with E-state index < -0.39 is 11.8 Å². The fourth-order valence-corrected chi connectivity index (χ4v) is 3.34. The number of anilines is 1. The number of rotatable bonds is 4. The molecule has 1 aliphatic carbocycles. The Labute approximate surface area is 168 Å². The number of benzene rings is 1. The summed E-state index contributed by atoms with van der Waals surface area (Å²) in [7, 11) is 0. The molecule has 1 fully saturated rings. The molecule has 0 bridgehead atoms. The molecule has 2 aromatic rings. The van der Waals surface area contributed by atoms with Crippen molar-refractivity contribution in [2.75, 3.05) is 5.32 Å². The van der Waals surface area contributed by atoms with E-state index in [1.54, 1.807) is 0 Å². The normalized spacial score (nSPS) is 19.9. The Morgan fingerprint density at radius 3 is 2.75 bits per heavy atom. The van der Waals surface area contributed by atoms with Crippen LogP contribution in [0.25, 0.3) is 0 Å². The van der Waals surface area contributed by atoms with Gasteiger partial charge in [0.15, 0.2) is 11.5 Å². The van der Waals surface area contributed by atoms with Crippen LogP contribution in [0.1, 0.15) is 38.3 Å². The van der Waals surface area contributed by atoms with Crippen LogP contribution in [-0.2, 0) is 0 Å². The molecule has 0 radical (unpaired) electrons. The van der Waals surface area contributed by atoms with Gasteiger partial charge in [-0.25, -0.2) is 18.8 Å². The largest absolute Gasteiger partial charge is 0.335 e. The third-order valence-electron chi connectivity index (χ3n) is 4.55. The third-order valence-corrected chi connectivity index (χ3v) is 5.15. The summed E-state index contributed by atoms with van der Waals surface area (Å²) in [5.41, 5.74) is 2.22. The highest BCUT2D eigenvalue weighted by Gasteiger charge is 2.22. The lowest BCUT2D eigenvalue weighted by Gasteiger charge is -2.26. The van der Waals surface area contributed by atoms with E-state index >= 15 is 0 Å². The van der Waals surface area contributed by atoms with E-state index in [9.17, 15) is 14.4 Å². The van der Waals surface area contributed by atoms with Crippen LogP contribution in [0.15, 0.2) is 32.3 Å². The first-order valence-electron chi connectivity index (χ1n) is 8.80. The molecule has 28 heavy (non-hydrogen) atoms. The summed E-state index contributed by atoms with van der Waals surface area (Å²) in [5, 5.41) is 22.2. The van der Waals surface area contributed by atoms with E-state index in [4.69, 9.17) is 0 Å². The van der Waals surface area contributed by atoms with E-state index in [1.165, 1.54) is 18.2 Å². The summed E-state index contributed by atoms with van der Waals surface area (Å²) in [6.07, 6.45) is 3.98. The average Bonchev–Trinajstić information content (AvgIpc) is 3.12. The van der Waals surface area contributed by atoms with Crippen LogP contribution < -0.4 is 16.1 Å². The van der Waals surface area contributed by atoms with Crippen LogP contribution in [0, 0.1) is 11.7 Å². The number of carbonyl (C=O) groups excluding carboxylic acids is 1. The minimum absolute atomic E-state index is 0.00429. The molecule has 1 aliphatic rings. The number of aromatic nitrogens is 2. The van der Waals surface area contributed by atoms with Crippen LogP contribution in [0.5, 0.6) is 0 Å². The zero-order valence-electron chi connectivity index (χ0n) is 15.1. The zero-order valence-corrected chi connectivity index (χ0v) is 16.7. The predicted molar refractivity (Wildman–Crippen MR) is 103 cm³/mol. The average molecular weight is 455 g/mol. The highest BCUT2D eigenvalue weighted by atomic mass is 79.9. The van der Waals surface area contributed by atoms with Crippen molar-refractivity contribution in [3.05, 3.63) is 34.2 Å². The molecule has 11 heteroatoms. The first kappa shape index (κ1) is 20.2. The van der Waals surface area contributed by atoms with Gasteiger partial charge in [0.2, 0.25) is 5.82 Å². The summed E-state index contributed by atoms with van der Waals surface area (Å²) in [6, 6.07) is 3.70. The van der Waals surface area contributed by atoms with Gasteiger partial charge in [-0.2, -0.15) is 0 Å². The fourth-order valence-electron chi connectivity index (χ4n) is 2.97. The fraction of sp³-hybridized carbons (Fsp3) is 0.412. The quantitative estimate of drug-likeness (QED) is 0.316. The Bertz CT molecular complexity index is 866. The molecule has 0 saturated heterocycles. The van der Waals surface area contributed by atoms with E-state index in [0.717, 1.165) is 25.7 Å². The molecular weight excluding hydrogens is 435 g/mol. The predicted octanol–water partition coefficient (Wildman–Crippen LogP) is 3.73. The number of hydrogen-bond donors (Lipinski definition) is 4. The van der Waals surface area contributed by atoms with E-state index in [1.807, 2.05) is 5.48 Å². The van der Waals surface area contributed by atoms with E-state index in [-0.39, 0.29) is 27.9 Å². The molecule has 9 nitrogen and oxygen atoms in total. The molecule has 4 N–H and O–H groups in total. The number of halogens is 2. The molecule has 3 rings (SSSR count).